The van der Waals surface area contributed by atoms with E-state index in [9.17, 15) is 0 Å². The topological polar surface area (TPSA) is 22.1 Å². The molecule has 1 unspecified atom stereocenters. The van der Waals surface area contributed by atoms with Gasteiger partial charge in [-0.15, -0.1) is 0 Å². The van der Waals surface area contributed by atoms with Crippen LogP contribution in [0.4, 0.5) is 0 Å². The molecule has 0 saturated heterocycles. The van der Waals surface area contributed by atoms with Crippen LogP contribution in [0.3, 0.4) is 0 Å². The molecule has 0 N–H and O–H groups in total. The second kappa shape index (κ2) is 7.34. The number of nitrogens with zero attached hydrogens (tertiary/aromatic N) is 1. The Balaban J connectivity index is 1.64. The molecule has 0 bridgehead atoms. The molecule has 0 radical (unpaired) electrons. The summed E-state index contributed by atoms with van der Waals surface area (Å²) in [6, 6.07) is 17.4. The first-order valence-electron chi connectivity index (χ1n) is 10.1. The van der Waals surface area contributed by atoms with Crippen LogP contribution in [0.1, 0.15) is 63.7 Å². The van der Waals surface area contributed by atoms with Gasteiger partial charge in [-0.3, -0.25) is 4.98 Å². The number of ether oxygens (including phenoxy) is 1. The van der Waals surface area contributed by atoms with Crippen LogP contribution in [0.5, 0.6) is 5.75 Å². The minimum absolute atomic E-state index is 0.109. The van der Waals surface area contributed by atoms with Crippen molar-refractivity contribution in [3.63, 3.8) is 0 Å². The van der Waals surface area contributed by atoms with E-state index in [2.05, 4.69) is 74.3 Å². The van der Waals surface area contributed by atoms with Crippen molar-refractivity contribution in [3.05, 3.63) is 72.1 Å². The van der Waals surface area contributed by atoms with Crippen LogP contribution >= 0.6 is 0 Å². The zero-order chi connectivity index (χ0) is 18.9. The standard InChI is InChI=1S/C25H29NO/c1-25(2,3)22-10-12-23(13-11-22)27-24(19-6-4-5-7-19)20-9-8-18-14-15-26-17-21(18)16-20/h8-17,19,24H,4-7H2,1-3H3. The van der Waals surface area contributed by atoms with Gasteiger partial charge in [-0.2, -0.15) is 0 Å². The molecule has 27 heavy (non-hydrogen) atoms. The van der Waals surface area contributed by atoms with Gasteiger partial charge in [0.05, 0.1) is 0 Å². The number of hydrogen-bond donors (Lipinski definition) is 0. The lowest BCUT2D eigenvalue weighted by atomic mass is 9.87. The van der Waals surface area contributed by atoms with Crippen LogP contribution in [0.15, 0.2) is 60.9 Å². The molecule has 1 heterocycles. The number of benzene rings is 2. The first kappa shape index (κ1) is 18.0. The summed E-state index contributed by atoms with van der Waals surface area (Å²) in [6.07, 6.45) is 9.01. The van der Waals surface area contributed by atoms with E-state index in [0.29, 0.717) is 5.92 Å². The third kappa shape index (κ3) is 4.00. The molecule has 140 valence electrons. The average molecular weight is 360 g/mol. The molecular weight excluding hydrogens is 330 g/mol. The third-order valence-electron chi connectivity index (χ3n) is 5.80. The predicted octanol–water partition coefficient (Wildman–Crippen LogP) is 6.84. The lowest BCUT2D eigenvalue weighted by Gasteiger charge is -2.26. The van der Waals surface area contributed by atoms with Gasteiger partial charge in [0.25, 0.3) is 0 Å². The normalized spacial score (nSPS) is 16.6. The van der Waals surface area contributed by atoms with Crippen molar-refractivity contribution in [1.29, 1.82) is 0 Å². The Labute approximate surface area is 162 Å². The molecule has 0 aliphatic heterocycles. The molecule has 1 atom stereocenters. The summed E-state index contributed by atoms with van der Waals surface area (Å²) in [5.74, 6) is 1.55. The summed E-state index contributed by atoms with van der Waals surface area (Å²) >= 11 is 0. The fourth-order valence-electron chi connectivity index (χ4n) is 4.16. The highest BCUT2D eigenvalue weighted by Gasteiger charge is 2.28. The fraction of sp³-hybridized carbons (Fsp3) is 0.400. The molecule has 1 aliphatic rings. The Hall–Kier alpha value is -2.35. The largest absolute Gasteiger partial charge is 0.485 e. The molecule has 1 aliphatic carbocycles. The van der Waals surface area contributed by atoms with Crippen molar-refractivity contribution in [2.24, 2.45) is 5.92 Å². The summed E-state index contributed by atoms with van der Waals surface area (Å²) in [5.41, 5.74) is 2.76. The van der Waals surface area contributed by atoms with Crippen LogP contribution in [-0.2, 0) is 5.41 Å². The molecule has 1 fully saturated rings. The highest BCUT2D eigenvalue weighted by molar-refractivity contribution is 5.82. The van der Waals surface area contributed by atoms with E-state index in [0.717, 1.165) is 5.75 Å². The first-order valence-corrected chi connectivity index (χ1v) is 10.1. The summed E-state index contributed by atoms with van der Waals surface area (Å²) in [6.45, 7) is 6.73. The van der Waals surface area contributed by atoms with E-state index in [1.807, 2.05) is 12.4 Å². The molecule has 2 aromatic carbocycles. The zero-order valence-electron chi connectivity index (χ0n) is 16.6. The zero-order valence-corrected chi connectivity index (χ0v) is 16.6. The Bertz CT molecular complexity index is 902. The minimum Gasteiger partial charge on any atom is -0.485 e. The lowest BCUT2D eigenvalue weighted by molar-refractivity contribution is 0.137. The van der Waals surface area contributed by atoms with Crippen molar-refractivity contribution in [2.45, 2.75) is 58.0 Å². The van der Waals surface area contributed by atoms with E-state index in [4.69, 9.17) is 4.74 Å². The van der Waals surface area contributed by atoms with Gasteiger partial charge < -0.3 is 4.74 Å². The van der Waals surface area contributed by atoms with E-state index in [1.165, 1.54) is 47.6 Å². The number of hydrogen-bond acceptors (Lipinski definition) is 2. The van der Waals surface area contributed by atoms with E-state index < -0.39 is 0 Å². The van der Waals surface area contributed by atoms with Crippen molar-refractivity contribution < 1.29 is 4.74 Å². The van der Waals surface area contributed by atoms with Gasteiger partial charge in [-0.1, -0.05) is 57.9 Å². The maximum absolute atomic E-state index is 6.58. The van der Waals surface area contributed by atoms with Crippen molar-refractivity contribution in [2.75, 3.05) is 0 Å². The van der Waals surface area contributed by atoms with E-state index >= 15 is 0 Å². The summed E-state index contributed by atoms with van der Waals surface area (Å²) in [4.78, 5) is 4.29. The second-order valence-electron chi connectivity index (χ2n) is 8.84. The molecule has 0 spiro atoms. The van der Waals surface area contributed by atoms with Crippen LogP contribution in [0.25, 0.3) is 10.8 Å². The monoisotopic (exact) mass is 359 g/mol. The summed E-state index contributed by atoms with van der Waals surface area (Å²) in [7, 11) is 0. The van der Waals surface area contributed by atoms with E-state index in [1.54, 1.807) is 0 Å². The van der Waals surface area contributed by atoms with Crippen LogP contribution < -0.4 is 4.74 Å². The van der Waals surface area contributed by atoms with Crippen molar-refractivity contribution in [3.8, 4) is 5.75 Å². The van der Waals surface area contributed by atoms with E-state index in [-0.39, 0.29) is 11.5 Å². The molecule has 2 heteroatoms. The van der Waals surface area contributed by atoms with Crippen molar-refractivity contribution >= 4 is 10.8 Å². The smallest absolute Gasteiger partial charge is 0.127 e. The molecule has 3 aromatic rings. The summed E-state index contributed by atoms with van der Waals surface area (Å²) < 4.78 is 6.58. The predicted molar refractivity (Wildman–Crippen MR) is 112 cm³/mol. The fourth-order valence-corrected chi connectivity index (χ4v) is 4.16. The highest BCUT2D eigenvalue weighted by atomic mass is 16.5. The van der Waals surface area contributed by atoms with Crippen LogP contribution in [0.2, 0.25) is 0 Å². The Morgan fingerprint density at radius 2 is 1.67 bits per heavy atom. The second-order valence-corrected chi connectivity index (χ2v) is 8.84. The summed E-state index contributed by atoms with van der Waals surface area (Å²) in [5, 5.41) is 2.41. The van der Waals surface area contributed by atoms with Gasteiger partial charge >= 0.3 is 0 Å². The van der Waals surface area contributed by atoms with Crippen LogP contribution in [0, 0.1) is 5.92 Å². The number of fused-ring (bicyclic) bond motifs is 1. The molecule has 4 rings (SSSR count). The van der Waals surface area contributed by atoms with Gasteiger partial charge in [0.15, 0.2) is 0 Å². The number of rotatable bonds is 4. The Kier molecular flexibility index (Phi) is 4.90. The lowest BCUT2D eigenvalue weighted by Crippen LogP contribution is -2.17. The SMILES string of the molecule is CC(C)(C)c1ccc(OC(c2ccc3ccncc3c2)C2CCCC2)cc1. The molecule has 1 aromatic heterocycles. The number of pyridine rings is 1. The van der Waals surface area contributed by atoms with Gasteiger partial charge in [0.1, 0.15) is 11.9 Å². The van der Waals surface area contributed by atoms with Gasteiger partial charge in [-0.25, -0.2) is 0 Å². The Morgan fingerprint density at radius 3 is 2.37 bits per heavy atom. The van der Waals surface area contributed by atoms with Crippen LogP contribution in [-0.4, -0.2) is 4.98 Å². The quantitative estimate of drug-likeness (QED) is 0.508. The first-order chi connectivity index (χ1) is 13.0. The maximum Gasteiger partial charge on any atom is 0.127 e. The van der Waals surface area contributed by atoms with Crippen molar-refractivity contribution in [1.82, 2.24) is 4.98 Å². The Morgan fingerprint density at radius 1 is 0.926 bits per heavy atom. The molecular formula is C25H29NO. The maximum atomic E-state index is 6.58. The number of aromatic nitrogens is 1. The minimum atomic E-state index is 0.109. The molecule has 1 saturated carbocycles. The average Bonchev–Trinajstić information content (AvgIpc) is 3.20. The van der Waals surface area contributed by atoms with Gasteiger partial charge in [0.2, 0.25) is 0 Å². The van der Waals surface area contributed by atoms with Gasteiger partial charge in [0, 0.05) is 23.7 Å². The van der Waals surface area contributed by atoms with Gasteiger partial charge in [-0.05, 0) is 59.0 Å². The molecule has 2 nitrogen and oxygen atoms in total. The highest BCUT2D eigenvalue weighted by Crippen LogP contribution is 2.39. The molecule has 0 amide bonds. The third-order valence-corrected chi connectivity index (χ3v) is 5.80.